The van der Waals surface area contributed by atoms with Crippen LogP contribution in [0.25, 0.3) is 0 Å². The third kappa shape index (κ3) is 3.52. The minimum absolute atomic E-state index is 0.117. The third-order valence-electron chi connectivity index (χ3n) is 2.39. The first-order chi connectivity index (χ1) is 8.15. The molecule has 1 N–H and O–H groups in total. The van der Waals surface area contributed by atoms with E-state index in [0.29, 0.717) is 12.2 Å². The van der Waals surface area contributed by atoms with E-state index in [1.165, 1.54) is 5.56 Å². The van der Waals surface area contributed by atoms with E-state index >= 15 is 0 Å². The Kier molecular flexibility index (Phi) is 4.15. The molecule has 90 valence electrons. The van der Waals surface area contributed by atoms with Gasteiger partial charge < -0.3 is 4.98 Å². The second-order valence-corrected chi connectivity index (χ2v) is 6.23. The van der Waals surface area contributed by atoms with E-state index in [1.54, 1.807) is 23.6 Å². The highest BCUT2D eigenvalue weighted by atomic mass is 79.9. The highest BCUT2D eigenvalue weighted by Gasteiger charge is 2.10. The summed E-state index contributed by atoms with van der Waals surface area (Å²) >= 11 is 5.09. The van der Waals surface area contributed by atoms with Crippen molar-refractivity contribution in [2.45, 2.75) is 6.54 Å². The number of Topliss-reactive ketones (excluding diaryl/α,β-unsaturated/α-hetero) is 1. The van der Waals surface area contributed by atoms with Gasteiger partial charge in [-0.05, 0) is 52.1 Å². The molecule has 2 aromatic rings. The van der Waals surface area contributed by atoms with Crippen molar-refractivity contribution in [3.8, 4) is 0 Å². The van der Waals surface area contributed by atoms with E-state index in [-0.39, 0.29) is 5.78 Å². The SMILES string of the molecule is CN(CC(=O)c1ccc[nH]1)Cc1csc(Br)c1. The monoisotopic (exact) mass is 312 g/mol. The zero-order valence-electron chi connectivity index (χ0n) is 9.44. The number of halogens is 1. The maximum absolute atomic E-state index is 11.8. The van der Waals surface area contributed by atoms with Gasteiger partial charge in [-0.1, -0.05) is 0 Å². The maximum Gasteiger partial charge on any atom is 0.192 e. The Labute approximate surface area is 113 Å². The molecule has 0 aliphatic heterocycles. The number of likely N-dealkylation sites (N-methyl/N-ethyl adjacent to an activating group) is 1. The quantitative estimate of drug-likeness (QED) is 0.861. The van der Waals surface area contributed by atoms with Crippen molar-refractivity contribution in [1.29, 1.82) is 0 Å². The third-order valence-corrected chi connectivity index (χ3v) is 3.94. The van der Waals surface area contributed by atoms with Crippen LogP contribution in [0.1, 0.15) is 16.1 Å². The van der Waals surface area contributed by atoms with Crippen molar-refractivity contribution in [2.75, 3.05) is 13.6 Å². The summed E-state index contributed by atoms with van der Waals surface area (Å²) in [6.07, 6.45) is 1.77. The Hall–Kier alpha value is -0.910. The Morgan fingerprint density at radius 1 is 1.59 bits per heavy atom. The van der Waals surface area contributed by atoms with E-state index in [1.807, 2.05) is 18.0 Å². The number of nitrogens with zero attached hydrogens (tertiary/aromatic N) is 1. The molecule has 0 radical (unpaired) electrons. The smallest absolute Gasteiger partial charge is 0.192 e. The Morgan fingerprint density at radius 2 is 2.41 bits per heavy atom. The van der Waals surface area contributed by atoms with Gasteiger partial charge in [0.15, 0.2) is 5.78 Å². The lowest BCUT2D eigenvalue weighted by molar-refractivity contribution is 0.0939. The highest BCUT2D eigenvalue weighted by molar-refractivity contribution is 9.11. The van der Waals surface area contributed by atoms with Crippen molar-refractivity contribution in [2.24, 2.45) is 0 Å². The molecular weight excluding hydrogens is 300 g/mol. The largest absolute Gasteiger partial charge is 0.359 e. The summed E-state index contributed by atoms with van der Waals surface area (Å²) in [4.78, 5) is 16.8. The summed E-state index contributed by atoms with van der Waals surface area (Å²) in [6, 6.07) is 5.72. The normalized spacial score (nSPS) is 11.0. The van der Waals surface area contributed by atoms with Gasteiger partial charge in [0.1, 0.15) is 0 Å². The molecule has 0 amide bonds. The Morgan fingerprint density at radius 3 is 3.00 bits per heavy atom. The van der Waals surface area contributed by atoms with Crippen LogP contribution in [0.5, 0.6) is 0 Å². The zero-order valence-corrected chi connectivity index (χ0v) is 11.8. The molecule has 0 saturated heterocycles. The van der Waals surface area contributed by atoms with Crippen LogP contribution in [-0.2, 0) is 6.54 Å². The standard InChI is InChI=1S/C12H13BrN2OS/c1-15(6-9-5-12(13)17-8-9)7-11(16)10-3-2-4-14-10/h2-5,8,14H,6-7H2,1H3. The van der Waals surface area contributed by atoms with Crippen LogP contribution in [0.2, 0.25) is 0 Å². The first-order valence-corrected chi connectivity index (χ1v) is 6.90. The fourth-order valence-corrected chi connectivity index (χ4v) is 2.83. The molecule has 2 aromatic heterocycles. The number of nitrogens with one attached hydrogen (secondary N) is 1. The van der Waals surface area contributed by atoms with Gasteiger partial charge in [0.2, 0.25) is 0 Å². The summed E-state index contributed by atoms with van der Waals surface area (Å²) in [5, 5.41) is 2.10. The molecule has 17 heavy (non-hydrogen) atoms. The van der Waals surface area contributed by atoms with Crippen LogP contribution in [0.15, 0.2) is 33.6 Å². The highest BCUT2D eigenvalue weighted by Crippen LogP contribution is 2.21. The van der Waals surface area contributed by atoms with Gasteiger partial charge in [-0.15, -0.1) is 11.3 Å². The fraction of sp³-hybridized carbons (Fsp3) is 0.250. The summed E-state index contributed by atoms with van der Waals surface area (Å²) in [5.41, 5.74) is 1.90. The molecule has 0 bridgehead atoms. The van der Waals surface area contributed by atoms with Crippen molar-refractivity contribution >= 4 is 33.0 Å². The number of carbonyl (C=O) groups is 1. The number of thiophene rings is 1. The number of ketones is 1. The van der Waals surface area contributed by atoms with Crippen LogP contribution in [-0.4, -0.2) is 29.3 Å². The van der Waals surface area contributed by atoms with Crippen molar-refractivity contribution in [1.82, 2.24) is 9.88 Å². The van der Waals surface area contributed by atoms with Crippen molar-refractivity contribution < 1.29 is 4.79 Å². The van der Waals surface area contributed by atoms with Gasteiger partial charge in [0.05, 0.1) is 16.0 Å². The molecule has 0 aromatic carbocycles. The average molecular weight is 313 g/mol. The number of aromatic amines is 1. The predicted molar refractivity (Wildman–Crippen MR) is 73.5 cm³/mol. The summed E-state index contributed by atoms with van der Waals surface area (Å²) < 4.78 is 1.12. The van der Waals surface area contributed by atoms with Crippen molar-refractivity contribution in [3.63, 3.8) is 0 Å². The molecule has 3 nitrogen and oxygen atoms in total. The summed E-state index contributed by atoms with van der Waals surface area (Å²) in [7, 11) is 1.95. The Balaban J connectivity index is 1.89. The van der Waals surface area contributed by atoms with E-state index in [9.17, 15) is 4.79 Å². The lowest BCUT2D eigenvalue weighted by Gasteiger charge is -2.14. The number of hydrogen-bond donors (Lipinski definition) is 1. The topological polar surface area (TPSA) is 36.1 Å². The van der Waals surface area contributed by atoms with E-state index < -0.39 is 0 Å². The first kappa shape index (κ1) is 12.5. The molecule has 0 saturated carbocycles. The van der Waals surface area contributed by atoms with Crippen LogP contribution in [0.3, 0.4) is 0 Å². The molecule has 0 aliphatic rings. The van der Waals surface area contributed by atoms with Gasteiger partial charge >= 0.3 is 0 Å². The maximum atomic E-state index is 11.8. The van der Waals surface area contributed by atoms with E-state index in [2.05, 4.69) is 32.4 Å². The lowest BCUT2D eigenvalue weighted by atomic mass is 10.2. The summed E-state index contributed by atoms with van der Waals surface area (Å²) in [5.74, 6) is 0.117. The molecule has 0 atom stereocenters. The number of rotatable bonds is 5. The van der Waals surface area contributed by atoms with E-state index in [4.69, 9.17) is 0 Å². The van der Waals surface area contributed by atoms with E-state index in [0.717, 1.165) is 10.3 Å². The molecule has 5 heteroatoms. The van der Waals surface area contributed by atoms with Crippen LogP contribution in [0, 0.1) is 0 Å². The predicted octanol–water partition coefficient (Wildman–Crippen LogP) is 3.15. The average Bonchev–Trinajstić information content (AvgIpc) is 2.89. The minimum atomic E-state index is 0.117. The van der Waals surface area contributed by atoms with Crippen LogP contribution >= 0.6 is 27.3 Å². The van der Waals surface area contributed by atoms with Gasteiger partial charge in [0, 0.05) is 12.7 Å². The van der Waals surface area contributed by atoms with Gasteiger partial charge in [-0.2, -0.15) is 0 Å². The molecule has 2 heterocycles. The lowest BCUT2D eigenvalue weighted by Crippen LogP contribution is -2.25. The van der Waals surface area contributed by atoms with Gasteiger partial charge in [-0.25, -0.2) is 0 Å². The zero-order chi connectivity index (χ0) is 12.3. The Bertz CT molecular complexity index is 492. The minimum Gasteiger partial charge on any atom is -0.359 e. The van der Waals surface area contributed by atoms with Crippen LogP contribution in [0.4, 0.5) is 0 Å². The summed E-state index contributed by atoms with van der Waals surface area (Å²) in [6.45, 7) is 1.21. The number of H-pyrrole nitrogens is 1. The molecule has 0 unspecified atom stereocenters. The van der Waals surface area contributed by atoms with Crippen molar-refractivity contribution in [3.05, 3.63) is 44.8 Å². The number of hydrogen-bond acceptors (Lipinski definition) is 3. The van der Waals surface area contributed by atoms with Gasteiger partial charge in [-0.3, -0.25) is 9.69 Å². The number of carbonyl (C=O) groups excluding carboxylic acids is 1. The molecule has 0 aliphatic carbocycles. The molecule has 2 rings (SSSR count). The molecule has 0 fully saturated rings. The molecular formula is C12H13BrN2OS. The first-order valence-electron chi connectivity index (χ1n) is 5.23. The fourth-order valence-electron chi connectivity index (χ4n) is 1.63. The second-order valence-electron chi connectivity index (χ2n) is 3.94. The number of aromatic nitrogens is 1. The molecule has 0 spiro atoms. The second kappa shape index (κ2) is 5.62. The van der Waals surface area contributed by atoms with Gasteiger partial charge in [0.25, 0.3) is 0 Å². The van der Waals surface area contributed by atoms with Crippen LogP contribution < -0.4 is 0 Å².